The van der Waals surface area contributed by atoms with E-state index in [-0.39, 0.29) is 0 Å². The van der Waals surface area contributed by atoms with Gasteiger partial charge in [-0.2, -0.15) is 0 Å². The Morgan fingerprint density at radius 2 is 1.77 bits per heavy atom. The van der Waals surface area contributed by atoms with E-state index in [9.17, 15) is 8.78 Å². The molecular weight excluding hydrogens is 184 g/mol. The molecule has 0 heterocycles. The average Bonchev–Trinajstić information content (AvgIpc) is 2.07. The summed E-state index contributed by atoms with van der Waals surface area (Å²) in [5.41, 5.74) is 4.59. The molecule has 1 unspecified atom stereocenters. The molecule has 0 bridgehead atoms. The maximum Gasteiger partial charge on any atom is 0.262 e. The number of aliphatic hydroxyl groups excluding tert-OH is 3. The van der Waals surface area contributed by atoms with Crippen molar-refractivity contribution in [2.45, 2.75) is 30.8 Å². The zero-order valence-electron chi connectivity index (χ0n) is 6.64. The van der Waals surface area contributed by atoms with E-state index in [0.29, 0.717) is 0 Å². The number of halogens is 2. The fourth-order valence-electron chi connectivity index (χ4n) is 1.23. The minimum absolute atomic E-state index is 0.634. The highest BCUT2D eigenvalue weighted by atomic mass is 19.3. The average molecular weight is 195 g/mol. The van der Waals surface area contributed by atoms with Crippen LogP contribution in [-0.4, -0.2) is 46.1 Å². The molecule has 0 amide bonds. The number of nitrogens with two attached hydrogens (primary N) is 1. The van der Waals surface area contributed by atoms with Gasteiger partial charge in [-0.3, -0.25) is 0 Å². The third kappa shape index (κ3) is 1.86. The Morgan fingerprint density at radius 3 is 2.23 bits per heavy atom. The predicted octanol–water partition coefficient (Wildman–Crippen LogP) is -1.40. The van der Waals surface area contributed by atoms with Gasteiger partial charge in [-0.25, -0.2) is 8.78 Å². The number of hydrogen-bond acceptors (Lipinski definition) is 4. The molecule has 0 radical (unpaired) electrons. The van der Waals surface area contributed by atoms with E-state index in [1.807, 2.05) is 0 Å². The van der Waals surface area contributed by atoms with Crippen molar-refractivity contribution in [2.75, 3.05) is 0 Å². The first-order valence-corrected chi connectivity index (χ1v) is 3.74. The molecule has 0 saturated heterocycles. The monoisotopic (exact) mass is 195 g/mol. The minimum Gasteiger partial charge on any atom is -0.388 e. The van der Waals surface area contributed by atoms with Gasteiger partial charge in [-0.1, -0.05) is 6.08 Å². The second kappa shape index (κ2) is 3.67. The van der Waals surface area contributed by atoms with Gasteiger partial charge in [0.05, 0.1) is 6.04 Å². The fourth-order valence-corrected chi connectivity index (χ4v) is 1.23. The van der Waals surface area contributed by atoms with Crippen LogP contribution in [-0.2, 0) is 0 Å². The van der Waals surface area contributed by atoms with Gasteiger partial charge in [-0.05, 0) is 0 Å². The Hall–Kier alpha value is -0.560. The van der Waals surface area contributed by atoms with Crippen molar-refractivity contribution in [1.29, 1.82) is 0 Å². The first-order valence-electron chi connectivity index (χ1n) is 3.74. The normalized spacial score (nSPS) is 40.7. The van der Waals surface area contributed by atoms with Gasteiger partial charge in [0.25, 0.3) is 6.43 Å². The molecule has 5 N–H and O–H groups in total. The SMILES string of the molecule is NC1C=C(C(F)F)[C@H](O)[C@H](O)[C@H]1O. The van der Waals surface area contributed by atoms with Crippen LogP contribution in [0.15, 0.2) is 11.6 Å². The van der Waals surface area contributed by atoms with E-state index < -0.39 is 36.4 Å². The molecular formula is C7H11F2NO3. The van der Waals surface area contributed by atoms with Crippen molar-refractivity contribution < 1.29 is 24.1 Å². The number of aliphatic hydroxyl groups is 3. The van der Waals surface area contributed by atoms with Crippen molar-refractivity contribution in [3.63, 3.8) is 0 Å². The molecule has 0 saturated carbocycles. The first kappa shape index (κ1) is 10.5. The van der Waals surface area contributed by atoms with Gasteiger partial charge in [0.15, 0.2) is 0 Å². The smallest absolute Gasteiger partial charge is 0.262 e. The fraction of sp³-hybridized carbons (Fsp3) is 0.714. The van der Waals surface area contributed by atoms with E-state index >= 15 is 0 Å². The molecule has 1 aliphatic rings. The molecule has 13 heavy (non-hydrogen) atoms. The largest absolute Gasteiger partial charge is 0.388 e. The summed E-state index contributed by atoms with van der Waals surface area (Å²) in [4.78, 5) is 0. The lowest BCUT2D eigenvalue weighted by atomic mass is 9.89. The van der Waals surface area contributed by atoms with E-state index in [2.05, 4.69) is 0 Å². The summed E-state index contributed by atoms with van der Waals surface area (Å²) in [5, 5.41) is 27.3. The lowest BCUT2D eigenvalue weighted by Crippen LogP contribution is -2.52. The van der Waals surface area contributed by atoms with Gasteiger partial charge < -0.3 is 21.1 Å². The molecule has 76 valence electrons. The molecule has 0 aromatic rings. The lowest BCUT2D eigenvalue weighted by Gasteiger charge is -2.32. The molecule has 4 nitrogen and oxygen atoms in total. The van der Waals surface area contributed by atoms with Crippen molar-refractivity contribution in [3.8, 4) is 0 Å². The second-order valence-electron chi connectivity index (χ2n) is 2.97. The molecule has 6 heteroatoms. The van der Waals surface area contributed by atoms with Gasteiger partial charge in [-0.15, -0.1) is 0 Å². The highest BCUT2D eigenvalue weighted by Gasteiger charge is 2.38. The summed E-state index contributed by atoms with van der Waals surface area (Å²) in [5.74, 6) is 0. The van der Waals surface area contributed by atoms with Crippen LogP contribution in [0.1, 0.15) is 0 Å². The van der Waals surface area contributed by atoms with Gasteiger partial charge in [0.2, 0.25) is 0 Å². The Kier molecular flexibility index (Phi) is 2.97. The Labute approximate surface area is 73.3 Å². The van der Waals surface area contributed by atoms with E-state index in [1.54, 1.807) is 0 Å². The Bertz CT molecular complexity index is 222. The van der Waals surface area contributed by atoms with Crippen LogP contribution >= 0.6 is 0 Å². The number of rotatable bonds is 1. The summed E-state index contributed by atoms with van der Waals surface area (Å²) < 4.78 is 24.3. The quantitative estimate of drug-likeness (QED) is 0.388. The lowest BCUT2D eigenvalue weighted by molar-refractivity contribution is -0.0656. The Morgan fingerprint density at radius 1 is 1.23 bits per heavy atom. The minimum atomic E-state index is -2.87. The molecule has 1 rings (SSSR count). The van der Waals surface area contributed by atoms with Crippen LogP contribution in [0, 0.1) is 0 Å². The van der Waals surface area contributed by atoms with Crippen LogP contribution < -0.4 is 5.73 Å². The molecule has 4 atom stereocenters. The van der Waals surface area contributed by atoms with Crippen LogP contribution in [0.4, 0.5) is 8.78 Å². The molecule has 0 aromatic carbocycles. The van der Waals surface area contributed by atoms with Gasteiger partial charge in [0, 0.05) is 5.57 Å². The van der Waals surface area contributed by atoms with Crippen molar-refractivity contribution in [2.24, 2.45) is 5.73 Å². The van der Waals surface area contributed by atoms with Crippen LogP contribution in [0.25, 0.3) is 0 Å². The molecule has 0 spiro atoms. The van der Waals surface area contributed by atoms with Crippen LogP contribution in [0.3, 0.4) is 0 Å². The third-order valence-electron chi connectivity index (χ3n) is 2.05. The molecule has 0 aromatic heterocycles. The summed E-state index contributed by atoms with van der Waals surface area (Å²) in [6.45, 7) is 0. The highest BCUT2D eigenvalue weighted by molar-refractivity contribution is 5.22. The van der Waals surface area contributed by atoms with Gasteiger partial charge >= 0.3 is 0 Å². The maximum atomic E-state index is 12.2. The highest BCUT2D eigenvalue weighted by Crippen LogP contribution is 2.23. The summed E-state index contributed by atoms with van der Waals surface area (Å²) >= 11 is 0. The topological polar surface area (TPSA) is 86.7 Å². The standard InChI is InChI=1S/C7H11F2NO3/c8-7(9)2-1-3(10)5(12)6(13)4(2)11/h1,3-7,11-13H,10H2/t3?,4-,5-,6-/m0/s1. The zero-order chi connectivity index (χ0) is 10.2. The summed E-state index contributed by atoms with van der Waals surface area (Å²) in [6, 6.07) is -1.07. The summed E-state index contributed by atoms with van der Waals surface area (Å²) in [7, 11) is 0. The maximum absolute atomic E-state index is 12.2. The van der Waals surface area contributed by atoms with E-state index in [4.69, 9.17) is 21.1 Å². The van der Waals surface area contributed by atoms with E-state index in [0.717, 1.165) is 6.08 Å². The van der Waals surface area contributed by atoms with E-state index in [1.165, 1.54) is 0 Å². The van der Waals surface area contributed by atoms with Crippen molar-refractivity contribution in [1.82, 2.24) is 0 Å². The second-order valence-corrected chi connectivity index (χ2v) is 2.97. The van der Waals surface area contributed by atoms with Gasteiger partial charge in [0.1, 0.15) is 18.3 Å². The summed E-state index contributed by atoms with van der Waals surface area (Å²) in [6.07, 6.45) is -6.79. The zero-order valence-corrected chi connectivity index (χ0v) is 6.64. The molecule has 0 aliphatic heterocycles. The van der Waals surface area contributed by atoms with Crippen molar-refractivity contribution in [3.05, 3.63) is 11.6 Å². The number of alkyl halides is 2. The van der Waals surface area contributed by atoms with Crippen LogP contribution in [0.2, 0.25) is 0 Å². The van der Waals surface area contributed by atoms with Crippen LogP contribution in [0.5, 0.6) is 0 Å². The first-order chi connectivity index (χ1) is 5.95. The third-order valence-corrected chi connectivity index (χ3v) is 2.05. The molecule has 1 aliphatic carbocycles. The van der Waals surface area contributed by atoms with Crippen molar-refractivity contribution >= 4 is 0 Å². The molecule has 0 fully saturated rings. The Balaban J connectivity index is 2.91. The number of hydrogen-bond donors (Lipinski definition) is 4. The predicted molar refractivity (Wildman–Crippen MR) is 40.1 cm³/mol.